The van der Waals surface area contributed by atoms with Crippen molar-refractivity contribution in [2.75, 3.05) is 66.4 Å². The van der Waals surface area contributed by atoms with Gasteiger partial charge in [-0.1, -0.05) is 44.2 Å². The van der Waals surface area contributed by atoms with E-state index in [1.165, 1.54) is 12.1 Å². The lowest BCUT2D eigenvalue weighted by Crippen LogP contribution is -2.47. The smallest absolute Gasteiger partial charge is 0.232 e. The van der Waals surface area contributed by atoms with Crippen molar-refractivity contribution in [2.24, 2.45) is 11.8 Å². The lowest BCUT2D eigenvalue weighted by atomic mass is 9.92. The number of nitrogens with one attached hydrogen (secondary N) is 2. The molecule has 0 unspecified atom stereocenters. The molecule has 2 saturated heterocycles. The van der Waals surface area contributed by atoms with E-state index in [2.05, 4.69) is 75.6 Å². The number of benzene rings is 2. The standard InChI is InChI=1S/C30H39N7OS/c1-22-17-23(2)21-37(20-22)28-18-27(36-15-13-35(14-16-36)25-7-5-4-6-8-25)32-29(33-28)34-30(39)31-19-24-9-11-26(38-3)12-10-24/h4-12,18,22-23H,13-17,19-21H2,1-3H3,(H2,31,32,33,34,39)/t22-,23+. The second-order valence-electron chi connectivity index (χ2n) is 10.7. The third-order valence-corrected chi connectivity index (χ3v) is 7.70. The molecule has 2 fully saturated rings. The van der Waals surface area contributed by atoms with Crippen LogP contribution in [0.5, 0.6) is 5.75 Å². The fourth-order valence-electron chi connectivity index (χ4n) is 5.56. The van der Waals surface area contributed by atoms with E-state index in [4.69, 9.17) is 26.9 Å². The molecule has 0 bridgehead atoms. The molecule has 0 spiro atoms. The minimum absolute atomic E-state index is 0.503. The molecule has 2 aliphatic heterocycles. The van der Waals surface area contributed by atoms with E-state index in [9.17, 15) is 0 Å². The molecule has 2 aliphatic rings. The maximum absolute atomic E-state index is 5.63. The Bertz CT molecular complexity index is 1220. The fourth-order valence-corrected chi connectivity index (χ4v) is 5.72. The van der Waals surface area contributed by atoms with Crippen molar-refractivity contribution < 1.29 is 4.74 Å². The lowest BCUT2D eigenvalue weighted by molar-refractivity contribution is 0.355. The van der Waals surface area contributed by atoms with Crippen molar-refractivity contribution in [3.8, 4) is 5.75 Å². The molecule has 8 nitrogen and oxygen atoms in total. The van der Waals surface area contributed by atoms with Crippen LogP contribution in [-0.4, -0.2) is 61.5 Å². The number of thiocarbonyl (C=S) groups is 1. The molecule has 3 aromatic rings. The molecule has 0 amide bonds. The van der Waals surface area contributed by atoms with E-state index in [1.54, 1.807) is 7.11 Å². The van der Waals surface area contributed by atoms with Gasteiger partial charge < -0.3 is 30.1 Å². The van der Waals surface area contributed by atoms with Crippen molar-refractivity contribution in [1.82, 2.24) is 15.3 Å². The van der Waals surface area contributed by atoms with E-state index in [0.29, 0.717) is 29.4 Å². The number of rotatable bonds is 7. The Labute approximate surface area is 237 Å². The van der Waals surface area contributed by atoms with Gasteiger partial charge in [0.05, 0.1) is 7.11 Å². The number of para-hydroxylation sites is 1. The van der Waals surface area contributed by atoms with Crippen LogP contribution in [0.2, 0.25) is 0 Å². The van der Waals surface area contributed by atoms with Crippen molar-refractivity contribution in [1.29, 1.82) is 0 Å². The Balaban J connectivity index is 1.30. The van der Waals surface area contributed by atoms with Crippen LogP contribution in [0, 0.1) is 11.8 Å². The molecule has 1 aromatic heterocycles. The summed E-state index contributed by atoms with van der Waals surface area (Å²) in [5.74, 6) is 4.54. The van der Waals surface area contributed by atoms with Crippen LogP contribution in [0.1, 0.15) is 25.8 Å². The van der Waals surface area contributed by atoms with Gasteiger partial charge in [0.2, 0.25) is 5.95 Å². The summed E-state index contributed by atoms with van der Waals surface area (Å²) in [4.78, 5) is 17.0. The van der Waals surface area contributed by atoms with Crippen LogP contribution in [0.25, 0.3) is 0 Å². The minimum Gasteiger partial charge on any atom is -0.497 e. The van der Waals surface area contributed by atoms with E-state index < -0.39 is 0 Å². The highest BCUT2D eigenvalue weighted by Gasteiger charge is 2.25. The summed E-state index contributed by atoms with van der Waals surface area (Å²) in [6.45, 7) is 11.0. The zero-order valence-corrected chi connectivity index (χ0v) is 24.0. The van der Waals surface area contributed by atoms with Crippen molar-refractivity contribution in [2.45, 2.75) is 26.8 Å². The molecule has 3 heterocycles. The first-order valence-electron chi connectivity index (χ1n) is 13.8. The summed E-state index contributed by atoms with van der Waals surface area (Å²) in [5.41, 5.74) is 2.38. The molecule has 2 aromatic carbocycles. The molecule has 2 atom stereocenters. The molecule has 206 valence electrons. The molecule has 39 heavy (non-hydrogen) atoms. The average Bonchev–Trinajstić information content (AvgIpc) is 2.96. The Morgan fingerprint density at radius 3 is 2.13 bits per heavy atom. The highest BCUT2D eigenvalue weighted by atomic mass is 32.1. The Morgan fingerprint density at radius 2 is 1.49 bits per heavy atom. The first-order chi connectivity index (χ1) is 19.0. The monoisotopic (exact) mass is 545 g/mol. The number of nitrogens with zero attached hydrogens (tertiary/aromatic N) is 5. The molecule has 0 aliphatic carbocycles. The Morgan fingerprint density at radius 1 is 0.872 bits per heavy atom. The van der Waals surface area contributed by atoms with Gasteiger partial charge in [0, 0.05) is 57.6 Å². The van der Waals surface area contributed by atoms with Gasteiger partial charge in [-0.05, 0) is 60.3 Å². The third kappa shape index (κ3) is 7.09. The van der Waals surface area contributed by atoms with Gasteiger partial charge in [-0.2, -0.15) is 9.97 Å². The number of hydrogen-bond acceptors (Lipinski definition) is 7. The van der Waals surface area contributed by atoms with E-state index in [1.807, 2.05) is 24.3 Å². The predicted molar refractivity (Wildman–Crippen MR) is 164 cm³/mol. The summed E-state index contributed by atoms with van der Waals surface area (Å²) < 4.78 is 5.25. The largest absolute Gasteiger partial charge is 0.497 e. The van der Waals surface area contributed by atoms with E-state index in [0.717, 1.165) is 62.2 Å². The summed E-state index contributed by atoms with van der Waals surface area (Å²) >= 11 is 5.63. The van der Waals surface area contributed by atoms with Crippen LogP contribution < -0.4 is 30.1 Å². The van der Waals surface area contributed by atoms with Gasteiger partial charge in [-0.25, -0.2) is 0 Å². The van der Waals surface area contributed by atoms with Crippen molar-refractivity contribution >= 4 is 40.6 Å². The van der Waals surface area contributed by atoms with Gasteiger partial charge in [0.25, 0.3) is 0 Å². The van der Waals surface area contributed by atoms with Crippen LogP contribution in [0.3, 0.4) is 0 Å². The van der Waals surface area contributed by atoms with E-state index >= 15 is 0 Å². The number of ether oxygens (including phenoxy) is 1. The lowest BCUT2D eigenvalue weighted by Gasteiger charge is -2.38. The minimum atomic E-state index is 0.503. The Hall–Kier alpha value is -3.59. The Kier molecular flexibility index (Phi) is 8.66. The zero-order valence-electron chi connectivity index (χ0n) is 23.1. The number of piperazine rings is 1. The van der Waals surface area contributed by atoms with Crippen LogP contribution in [-0.2, 0) is 6.54 Å². The topological polar surface area (TPSA) is 68.8 Å². The first kappa shape index (κ1) is 27.0. The number of aromatic nitrogens is 2. The maximum Gasteiger partial charge on any atom is 0.232 e. The molecule has 9 heteroatoms. The van der Waals surface area contributed by atoms with Crippen molar-refractivity contribution in [3.63, 3.8) is 0 Å². The number of anilines is 4. The second-order valence-corrected chi connectivity index (χ2v) is 11.1. The number of methoxy groups -OCH3 is 1. The average molecular weight is 546 g/mol. The second kappa shape index (κ2) is 12.5. The van der Waals surface area contributed by atoms with E-state index in [-0.39, 0.29) is 0 Å². The normalized spacial score (nSPS) is 19.5. The SMILES string of the molecule is COc1ccc(CNC(=S)Nc2nc(N3CCN(c4ccccc4)CC3)cc(N3C[C@H](C)C[C@H](C)C3)n2)cc1. The number of piperidine rings is 1. The van der Waals surface area contributed by atoms with Crippen LogP contribution >= 0.6 is 12.2 Å². The number of hydrogen-bond donors (Lipinski definition) is 2. The predicted octanol–water partition coefficient (Wildman–Crippen LogP) is 4.78. The maximum atomic E-state index is 5.63. The third-order valence-electron chi connectivity index (χ3n) is 7.45. The molecular weight excluding hydrogens is 506 g/mol. The van der Waals surface area contributed by atoms with Gasteiger partial charge in [0.1, 0.15) is 17.4 Å². The fraction of sp³-hybridized carbons (Fsp3) is 0.433. The summed E-state index contributed by atoms with van der Waals surface area (Å²) in [7, 11) is 1.67. The molecule has 0 radical (unpaired) electrons. The summed E-state index contributed by atoms with van der Waals surface area (Å²) in [6, 6.07) is 20.7. The zero-order chi connectivity index (χ0) is 27.2. The highest BCUT2D eigenvalue weighted by molar-refractivity contribution is 7.80. The van der Waals surface area contributed by atoms with Gasteiger partial charge >= 0.3 is 0 Å². The quantitative estimate of drug-likeness (QED) is 0.408. The van der Waals surface area contributed by atoms with Crippen molar-refractivity contribution in [3.05, 3.63) is 66.2 Å². The van der Waals surface area contributed by atoms with Gasteiger partial charge in [-0.3, -0.25) is 0 Å². The van der Waals surface area contributed by atoms with Gasteiger partial charge in [-0.15, -0.1) is 0 Å². The first-order valence-corrected chi connectivity index (χ1v) is 14.2. The highest BCUT2D eigenvalue weighted by Crippen LogP contribution is 2.29. The van der Waals surface area contributed by atoms with Gasteiger partial charge in [0.15, 0.2) is 5.11 Å². The molecule has 2 N–H and O–H groups in total. The molecular formula is C30H39N7OS. The molecule has 0 saturated carbocycles. The summed E-state index contributed by atoms with van der Waals surface area (Å²) in [6.07, 6.45) is 1.25. The molecule has 5 rings (SSSR count). The van der Waals surface area contributed by atoms with Crippen LogP contribution in [0.4, 0.5) is 23.3 Å². The summed E-state index contributed by atoms with van der Waals surface area (Å²) in [5, 5.41) is 7.05. The van der Waals surface area contributed by atoms with Crippen LogP contribution in [0.15, 0.2) is 60.7 Å².